The monoisotopic (exact) mass is 141 g/mol. The van der Waals surface area contributed by atoms with E-state index in [0.29, 0.717) is 0 Å². The van der Waals surface area contributed by atoms with Crippen molar-refractivity contribution in [3.8, 4) is 0 Å². The largest absolute Gasteiger partial charge is 0.392 e. The second-order valence-corrected chi connectivity index (χ2v) is 3.53. The van der Waals surface area contributed by atoms with Gasteiger partial charge in [-0.3, -0.25) is 4.90 Å². The molecule has 10 heavy (non-hydrogen) atoms. The van der Waals surface area contributed by atoms with Crippen molar-refractivity contribution in [2.24, 2.45) is 0 Å². The van der Waals surface area contributed by atoms with E-state index in [-0.39, 0.29) is 6.10 Å². The average Bonchev–Trinajstić information content (AvgIpc) is 2.27. The first-order valence-electron chi connectivity index (χ1n) is 4.28. The van der Waals surface area contributed by atoms with E-state index < -0.39 is 0 Å². The van der Waals surface area contributed by atoms with Gasteiger partial charge >= 0.3 is 0 Å². The smallest absolute Gasteiger partial charge is 0.0682 e. The number of aliphatic hydroxyl groups excluding tert-OH is 1. The highest BCUT2D eigenvalue weighted by Gasteiger charge is 2.31. The molecular weight excluding hydrogens is 126 g/mol. The van der Waals surface area contributed by atoms with E-state index in [0.717, 1.165) is 19.0 Å². The molecule has 2 heteroatoms. The number of aliphatic hydroxyl groups is 1. The molecule has 2 nitrogen and oxygen atoms in total. The second-order valence-electron chi connectivity index (χ2n) is 3.53. The van der Waals surface area contributed by atoms with Gasteiger partial charge < -0.3 is 5.11 Å². The van der Waals surface area contributed by atoms with Crippen molar-refractivity contribution in [2.75, 3.05) is 13.1 Å². The Morgan fingerprint density at radius 3 is 3.00 bits per heavy atom. The first kappa shape index (κ1) is 6.62. The zero-order valence-corrected chi connectivity index (χ0v) is 6.29. The van der Waals surface area contributed by atoms with Gasteiger partial charge in [-0.25, -0.2) is 0 Å². The van der Waals surface area contributed by atoms with Gasteiger partial charge in [-0.1, -0.05) is 6.42 Å². The van der Waals surface area contributed by atoms with E-state index in [1.165, 1.54) is 25.8 Å². The first-order chi connectivity index (χ1) is 4.86. The van der Waals surface area contributed by atoms with E-state index >= 15 is 0 Å². The highest BCUT2D eigenvalue weighted by molar-refractivity contribution is 4.87. The molecule has 0 aliphatic carbocycles. The van der Waals surface area contributed by atoms with Crippen LogP contribution in [0.1, 0.15) is 25.7 Å². The molecule has 2 heterocycles. The fraction of sp³-hybridized carbons (Fsp3) is 1.00. The van der Waals surface area contributed by atoms with Gasteiger partial charge in [0.25, 0.3) is 0 Å². The summed E-state index contributed by atoms with van der Waals surface area (Å²) in [5.41, 5.74) is 0. The van der Waals surface area contributed by atoms with Crippen molar-refractivity contribution in [2.45, 2.75) is 37.8 Å². The first-order valence-corrected chi connectivity index (χ1v) is 4.28. The normalized spacial score (nSPS) is 41.7. The molecule has 2 fully saturated rings. The lowest BCUT2D eigenvalue weighted by Gasteiger charge is -2.28. The van der Waals surface area contributed by atoms with Gasteiger partial charge in [-0.2, -0.15) is 0 Å². The van der Waals surface area contributed by atoms with Crippen LogP contribution in [0.5, 0.6) is 0 Å². The molecule has 0 amide bonds. The van der Waals surface area contributed by atoms with Gasteiger partial charge in [-0.05, 0) is 25.8 Å². The van der Waals surface area contributed by atoms with Crippen LogP contribution in [0.2, 0.25) is 0 Å². The van der Waals surface area contributed by atoms with E-state index in [9.17, 15) is 5.11 Å². The van der Waals surface area contributed by atoms with Gasteiger partial charge in [0, 0.05) is 12.6 Å². The maximum Gasteiger partial charge on any atom is 0.0682 e. The molecule has 0 saturated carbocycles. The third-order valence-corrected chi connectivity index (χ3v) is 2.74. The average molecular weight is 141 g/mol. The minimum absolute atomic E-state index is 0.0249. The van der Waals surface area contributed by atoms with E-state index in [1.54, 1.807) is 0 Å². The Labute approximate surface area is 61.8 Å². The lowest BCUT2D eigenvalue weighted by molar-refractivity contribution is 0.166. The summed E-state index contributed by atoms with van der Waals surface area (Å²) in [7, 11) is 0. The highest BCUT2D eigenvalue weighted by Crippen LogP contribution is 2.26. The minimum atomic E-state index is -0.0249. The lowest BCUT2D eigenvalue weighted by atomic mass is 10.0. The molecule has 0 bridgehead atoms. The van der Waals surface area contributed by atoms with E-state index in [1.807, 2.05) is 0 Å². The highest BCUT2D eigenvalue weighted by atomic mass is 16.3. The van der Waals surface area contributed by atoms with Gasteiger partial charge in [0.05, 0.1) is 6.10 Å². The van der Waals surface area contributed by atoms with Crippen LogP contribution < -0.4 is 0 Å². The Balaban J connectivity index is 1.97. The molecule has 58 valence electrons. The van der Waals surface area contributed by atoms with Crippen LogP contribution in [-0.4, -0.2) is 35.2 Å². The zero-order chi connectivity index (χ0) is 6.97. The molecule has 2 atom stereocenters. The molecule has 0 aromatic carbocycles. The molecule has 2 aliphatic rings. The molecule has 0 spiro atoms. The number of hydrogen-bond acceptors (Lipinski definition) is 2. The van der Waals surface area contributed by atoms with Crippen LogP contribution in [0.4, 0.5) is 0 Å². The summed E-state index contributed by atoms with van der Waals surface area (Å²) < 4.78 is 0. The Hall–Kier alpha value is -0.0800. The lowest BCUT2D eigenvalue weighted by Crippen LogP contribution is -2.34. The van der Waals surface area contributed by atoms with Crippen molar-refractivity contribution in [3.05, 3.63) is 0 Å². The number of piperidine rings is 1. The Bertz CT molecular complexity index is 112. The van der Waals surface area contributed by atoms with Crippen LogP contribution in [0.15, 0.2) is 0 Å². The molecule has 0 aromatic heterocycles. The maximum absolute atomic E-state index is 9.32. The number of nitrogens with zero attached hydrogens (tertiary/aromatic N) is 1. The molecule has 1 N–H and O–H groups in total. The SMILES string of the molecule is O[C@@H]1C[C@H]2CCCCN2C1. The summed E-state index contributed by atoms with van der Waals surface area (Å²) in [6.45, 7) is 2.16. The predicted octanol–water partition coefficient (Wildman–Crippen LogP) is 0.605. The molecule has 2 aliphatic heterocycles. The zero-order valence-electron chi connectivity index (χ0n) is 6.29. The van der Waals surface area contributed by atoms with Crippen molar-refractivity contribution < 1.29 is 5.11 Å². The van der Waals surface area contributed by atoms with Crippen molar-refractivity contribution in [1.82, 2.24) is 4.90 Å². The molecular formula is C8H15NO. The molecule has 2 rings (SSSR count). The van der Waals surface area contributed by atoms with E-state index in [4.69, 9.17) is 0 Å². The second kappa shape index (κ2) is 2.51. The van der Waals surface area contributed by atoms with Crippen LogP contribution >= 0.6 is 0 Å². The Kier molecular flexibility index (Phi) is 1.66. The van der Waals surface area contributed by atoms with Gasteiger partial charge in [0.15, 0.2) is 0 Å². The summed E-state index contributed by atoms with van der Waals surface area (Å²) in [4.78, 5) is 2.44. The van der Waals surface area contributed by atoms with Gasteiger partial charge in [0.2, 0.25) is 0 Å². The molecule has 0 aromatic rings. The summed E-state index contributed by atoms with van der Waals surface area (Å²) in [5.74, 6) is 0. The van der Waals surface area contributed by atoms with Crippen LogP contribution in [-0.2, 0) is 0 Å². The third-order valence-electron chi connectivity index (χ3n) is 2.74. The molecule has 2 saturated heterocycles. The standard InChI is InChI=1S/C8H15NO/c10-8-5-7-3-1-2-4-9(7)6-8/h7-8,10H,1-6H2/t7-,8-/m1/s1. The Morgan fingerprint density at radius 1 is 1.30 bits per heavy atom. The van der Waals surface area contributed by atoms with Crippen molar-refractivity contribution in [1.29, 1.82) is 0 Å². The maximum atomic E-state index is 9.32. The van der Waals surface area contributed by atoms with E-state index in [2.05, 4.69) is 4.90 Å². The van der Waals surface area contributed by atoms with Crippen molar-refractivity contribution >= 4 is 0 Å². The fourth-order valence-electron chi connectivity index (χ4n) is 2.23. The van der Waals surface area contributed by atoms with Crippen LogP contribution in [0.3, 0.4) is 0 Å². The number of hydrogen-bond donors (Lipinski definition) is 1. The fourth-order valence-corrected chi connectivity index (χ4v) is 2.23. The summed E-state index contributed by atoms with van der Waals surface area (Å²) >= 11 is 0. The molecule has 0 unspecified atom stereocenters. The summed E-state index contributed by atoms with van der Waals surface area (Å²) in [5, 5.41) is 9.32. The predicted molar refractivity (Wildman–Crippen MR) is 39.8 cm³/mol. The van der Waals surface area contributed by atoms with Crippen molar-refractivity contribution in [3.63, 3.8) is 0 Å². The minimum Gasteiger partial charge on any atom is -0.392 e. The number of rotatable bonds is 0. The quantitative estimate of drug-likeness (QED) is 0.534. The summed E-state index contributed by atoms with van der Waals surface area (Å²) in [6, 6.07) is 0.726. The Morgan fingerprint density at radius 2 is 2.20 bits per heavy atom. The van der Waals surface area contributed by atoms with Crippen LogP contribution in [0.25, 0.3) is 0 Å². The number of fused-ring (bicyclic) bond motifs is 1. The third kappa shape index (κ3) is 1.06. The van der Waals surface area contributed by atoms with Crippen LogP contribution in [0, 0.1) is 0 Å². The van der Waals surface area contributed by atoms with Gasteiger partial charge in [-0.15, -0.1) is 0 Å². The molecule has 0 radical (unpaired) electrons. The topological polar surface area (TPSA) is 23.5 Å². The van der Waals surface area contributed by atoms with Gasteiger partial charge in [0.1, 0.15) is 0 Å². The summed E-state index contributed by atoms with van der Waals surface area (Å²) in [6.07, 6.45) is 5.02.